The molecule has 33 heavy (non-hydrogen) atoms. The Morgan fingerprint density at radius 1 is 1.06 bits per heavy atom. The van der Waals surface area contributed by atoms with E-state index in [4.69, 9.17) is 4.74 Å². The van der Waals surface area contributed by atoms with Gasteiger partial charge in [-0.1, -0.05) is 12.2 Å². The van der Waals surface area contributed by atoms with E-state index < -0.39 is 4.92 Å². The minimum absolute atomic E-state index is 0.0206. The smallest absolute Gasteiger partial charge is 0.269 e. The van der Waals surface area contributed by atoms with E-state index >= 15 is 0 Å². The molecule has 2 amide bonds. The number of imide groups is 1. The molecule has 2 aromatic rings. The topological polar surface area (TPSA) is 102 Å². The van der Waals surface area contributed by atoms with Crippen molar-refractivity contribution < 1.29 is 19.2 Å². The van der Waals surface area contributed by atoms with Gasteiger partial charge in [-0.15, -0.1) is 0 Å². The maximum Gasteiger partial charge on any atom is 0.269 e. The number of carbonyl (C=O) groups is 2. The Balaban J connectivity index is 1.28. The Kier molecular flexibility index (Phi) is 5.65. The summed E-state index contributed by atoms with van der Waals surface area (Å²) < 4.78 is 7.17. The van der Waals surface area contributed by atoms with Crippen molar-refractivity contribution in [1.82, 2.24) is 5.01 Å². The number of rotatable bonds is 6. The van der Waals surface area contributed by atoms with E-state index in [1.54, 1.807) is 24.3 Å². The number of non-ortho nitro benzene ring substituents is 1. The lowest BCUT2D eigenvalue weighted by Crippen LogP contribution is -2.28. The van der Waals surface area contributed by atoms with Gasteiger partial charge in [-0.2, -0.15) is 10.1 Å². The lowest BCUT2D eigenvalue weighted by Gasteiger charge is -2.13. The third-order valence-electron chi connectivity index (χ3n) is 6.32. The lowest BCUT2D eigenvalue weighted by molar-refractivity contribution is -0.384. The number of amides is 2. The molecule has 2 bridgehead atoms. The van der Waals surface area contributed by atoms with Crippen molar-refractivity contribution >= 4 is 55.6 Å². The highest BCUT2D eigenvalue weighted by molar-refractivity contribution is 9.11. The van der Waals surface area contributed by atoms with Gasteiger partial charge in [0, 0.05) is 12.1 Å². The number of nitro benzene ring substituents is 1. The summed E-state index contributed by atoms with van der Waals surface area (Å²) in [6.45, 7) is 0.221. The summed E-state index contributed by atoms with van der Waals surface area (Å²) in [5, 5.41) is 16.0. The van der Waals surface area contributed by atoms with Crippen molar-refractivity contribution in [3.8, 4) is 5.75 Å². The Hall–Kier alpha value is -2.85. The summed E-state index contributed by atoms with van der Waals surface area (Å²) in [6, 6.07) is 9.69. The molecule has 2 fully saturated rings. The van der Waals surface area contributed by atoms with Crippen LogP contribution in [0.4, 0.5) is 5.69 Å². The van der Waals surface area contributed by atoms with Crippen LogP contribution < -0.4 is 4.74 Å². The van der Waals surface area contributed by atoms with Gasteiger partial charge in [0.15, 0.2) is 0 Å². The van der Waals surface area contributed by atoms with Gasteiger partial charge in [0.1, 0.15) is 12.4 Å². The molecule has 4 atom stereocenters. The SMILES string of the molecule is O=C1[C@H]2[C@H](C(=O)N1/N=C\c1cc(Br)c(OCc3ccc([N+](=O)[O-])cc3)c(Br)c1)[C@H]1C=C[C@H]2C1. The molecule has 1 saturated heterocycles. The van der Waals surface area contributed by atoms with Crippen LogP contribution in [0.1, 0.15) is 17.5 Å². The van der Waals surface area contributed by atoms with E-state index in [0.717, 1.165) is 17.0 Å². The molecule has 168 valence electrons. The number of halogens is 2. The summed E-state index contributed by atoms with van der Waals surface area (Å²) in [6.07, 6.45) is 6.47. The van der Waals surface area contributed by atoms with Crippen LogP contribution in [-0.4, -0.2) is 28.0 Å². The summed E-state index contributed by atoms with van der Waals surface area (Å²) in [5.41, 5.74) is 1.48. The molecule has 10 heteroatoms. The second kappa shape index (κ2) is 8.49. The van der Waals surface area contributed by atoms with Crippen molar-refractivity contribution in [3.05, 3.63) is 78.7 Å². The quantitative estimate of drug-likeness (QED) is 0.161. The average molecular weight is 575 g/mol. The normalized spacial score (nSPS) is 25.3. The first-order chi connectivity index (χ1) is 15.8. The minimum atomic E-state index is -0.450. The van der Waals surface area contributed by atoms with Gasteiger partial charge in [0.05, 0.1) is 31.9 Å². The van der Waals surface area contributed by atoms with Crippen molar-refractivity contribution in [2.75, 3.05) is 0 Å². The molecule has 0 radical (unpaired) electrons. The van der Waals surface area contributed by atoms with E-state index in [1.165, 1.54) is 18.3 Å². The fourth-order valence-corrected chi connectivity index (χ4v) is 6.24. The standard InChI is InChI=1S/C23H17Br2N3O5/c24-17-7-13(8-18(25)21(17)33-11-12-1-5-16(6-2-12)28(31)32)10-26-27-22(29)19-14-3-4-15(9-14)20(19)23(27)30/h1-8,10,14-15,19-20H,9,11H2/b26-10-/t14-,15-,19+,20+/m0/s1. The molecule has 0 spiro atoms. The minimum Gasteiger partial charge on any atom is -0.487 e. The van der Waals surface area contributed by atoms with E-state index in [2.05, 4.69) is 37.0 Å². The van der Waals surface area contributed by atoms with Gasteiger partial charge >= 0.3 is 0 Å². The second-order valence-electron chi connectivity index (χ2n) is 8.26. The van der Waals surface area contributed by atoms with Gasteiger partial charge in [-0.3, -0.25) is 19.7 Å². The van der Waals surface area contributed by atoms with E-state index in [0.29, 0.717) is 20.3 Å². The molecule has 2 aromatic carbocycles. The number of nitro groups is 1. The van der Waals surface area contributed by atoms with Crippen LogP contribution in [0.15, 0.2) is 62.6 Å². The predicted molar refractivity (Wildman–Crippen MR) is 126 cm³/mol. The molecule has 5 rings (SSSR count). The largest absolute Gasteiger partial charge is 0.487 e. The summed E-state index contributed by atoms with van der Waals surface area (Å²) >= 11 is 6.96. The molecule has 1 saturated carbocycles. The predicted octanol–water partition coefficient (Wildman–Crippen LogP) is 4.84. The van der Waals surface area contributed by atoms with Gasteiger partial charge in [0.2, 0.25) is 0 Å². The Bertz CT molecular complexity index is 1170. The number of benzene rings is 2. The van der Waals surface area contributed by atoms with Gasteiger partial charge in [-0.05, 0) is 85.5 Å². The third kappa shape index (κ3) is 3.91. The number of ether oxygens (including phenoxy) is 1. The molecule has 2 aliphatic carbocycles. The first kappa shape index (κ1) is 22.0. The first-order valence-corrected chi connectivity index (χ1v) is 11.9. The number of carbonyl (C=O) groups excluding carboxylic acids is 2. The van der Waals surface area contributed by atoms with E-state index in [9.17, 15) is 19.7 Å². The van der Waals surface area contributed by atoms with E-state index in [-0.39, 0.29) is 47.8 Å². The molecule has 0 unspecified atom stereocenters. The Morgan fingerprint density at radius 3 is 2.18 bits per heavy atom. The lowest BCUT2D eigenvalue weighted by atomic mass is 9.85. The van der Waals surface area contributed by atoms with Crippen LogP contribution in [0.3, 0.4) is 0 Å². The maximum absolute atomic E-state index is 12.8. The molecule has 1 heterocycles. The zero-order valence-corrected chi connectivity index (χ0v) is 20.2. The number of hydrazone groups is 1. The van der Waals surface area contributed by atoms with Crippen molar-refractivity contribution in [2.45, 2.75) is 13.0 Å². The number of fused-ring (bicyclic) bond motifs is 5. The third-order valence-corrected chi connectivity index (χ3v) is 7.50. The Labute approximate surface area is 205 Å². The van der Waals surface area contributed by atoms with Crippen molar-refractivity contribution in [2.24, 2.45) is 28.8 Å². The molecule has 0 aromatic heterocycles. The molecular weight excluding hydrogens is 558 g/mol. The van der Waals surface area contributed by atoms with Gasteiger partial charge in [-0.25, -0.2) is 0 Å². The van der Waals surface area contributed by atoms with Crippen LogP contribution in [0.5, 0.6) is 5.75 Å². The molecular formula is C23H17Br2N3O5. The fraction of sp³-hybridized carbons (Fsp3) is 0.261. The molecule has 0 N–H and O–H groups in total. The van der Waals surface area contributed by atoms with Gasteiger partial charge in [0.25, 0.3) is 17.5 Å². The second-order valence-corrected chi connectivity index (χ2v) is 9.97. The summed E-state index contributed by atoms with van der Waals surface area (Å²) in [5.74, 6) is -0.162. The maximum atomic E-state index is 12.8. The van der Waals surface area contributed by atoms with Crippen LogP contribution >= 0.6 is 31.9 Å². The van der Waals surface area contributed by atoms with Crippen molar-refractivity contribution in [3.63, 3.8) is 0 Å². The van der Waals surface area contributed by atoms with E-state index in [1.807, 2.05) is 12.2 Å². The number of nitrogens with zero attached hydrogens (tertiary/aromatic N) is 3. The number of hydrogen-bond donors (Lipinski definition) is 0. The van der Waals surface area contributed by atoms with Crippen LogP contribution in [0.2, 0.25) is 0 Å². The Morgan fingerprint density at radius 2 is 1.64 bits per heavy atom. The van der Waals surface area contributed by atoms with Crippen LogP contribution in [0, 0.1) is 33.8 Å². The van der Waals surface area contributed by atoms with Crippen LogP contribution in [0.25, 0.3) is 0 Å². The molecule has 1 aliphatic heterocycles. The van der Waals surface area contributed by atoms with Gasteiger partial charge < -0.3 is 4.74 Å². The molecule has 8 nitrogen and oxygen atoms in total. The fourth-order valence-electron chi connectivity index (χ4n) is 4.79. The first-order valence-electron chi connectivity index (χ1n) is 10.3. The molecule has 3 aliphatic rings. The zero-order chi connectivity index (χ0) is 23.3. The van der Waals surface area contributed by atoms with Crippen molar-refractivity contribution in [1.29, 1.82) is 0 Å². The highest BCUT2D eigenvalue weighted by Gasteiger charge is 2.59. The number of hydrogen-bond acceptors (Lipinski definition) is 6. The zero-order valence-electron chi connectivity index (χ0n) is 17.1. The highest BCUT2D eigenvalue weighted by Crippen LogP contribution is 2.52. The summed E-state index contributed by atoms with van der Waals surface area (Å²) in [7, 11) is 0. The van der Waals surface area contributed by atoms with Crippen LogP contribution in [-0.2, 0) is 16.2 Å². The average Bonchev–Trinajstić information content (AvgIpc) is 3.46. The highest BCUT2D eigenvalue weighted by atomic mass is 79.9. The number of allylic oxidation sites excluding steroid dienone is 2. The monoisotopic (exact) mass is 573 g/mol. The summed E-state index contributed by atoms with van der Waals surface area (Å²) in [4.78, 5) is 35.8.